The number of nitrogens with one attached hydrogen (secondary N) is 1. The van der Waals surface area contributed by atoms with Gasteiger partial charge in [0.25, 0.3) is 5.91 Å². The molecule has 0 spiro atoms. The molecule has 4 aromatic rings. The molecule has 0 fully saturated rings. The minimum atomic E-state index is -0.266. The lowest BCUT2D eigenvalue weighted by molar-refractivity contribution is 0.102. The van der Waals surface area contributed by atoms with Crippen LogP contribution in [0.4, 0.5) is 5.13 Å². The fraction of sp³-hybridized carbons (Fsp3) is 0.0870. The van der Waals surface area contributed by atoms with Gasteiger partial charge in [-0.2, -0.15) is 0 Å². The van der Waals surface area contributed by atoms with Crippen LogP contribution in [0.2, 0.25) is 0 Å². The van der Waals surface area contributed by atoms with Gasteiger partial charge in [0.15, 0.2) is 0 Å². The number of rotatable bonds is 7. The predicted octanol–water partition coefficient (Wildman–Crippen LogP) is 5.05. The molecule has 0 aliphatic carbocycles. The van der Waals surface area contributed by atoms with Crippen LogP contribution in [0.25, 0.3) is 10.6 Å². The van der Waals surface area contributed by atoms with E-state index in [-0.39, 0.29) is 5.91 Å². The standard InChI is InChI=1S/C23H19N3O3S/c1-28-19-12-10-17(11-13-19)22-25-26-23(30-22)24-21(27)18-8-5-9-20(14-18)29-15-16-6-3-2-4-7-16/h2-14H,15H2,1H3,(H,24,26,27). The Labute approximate surface area is 178 Å². The number of ether oxygens (including phenoxy) is 2. The van der Waals surface area contributed by atoms with Crippen molar-refractivity contribution < 1.29 is 14.3 Å². The summed E-state index contributed by atoms with van der Waals surface area (Å²) in [6.45, 7) is 0.438. The normalized spacial score (nSPS) is 10.4. The van der Waals surface area contributed by atoms with E-state index in [0.717, 1.165) is 16.9 Å². The van der Waals surface area contributed by atoms with Crippen LogP contribution in [0.5, 0.6) is 11.5 Å². The number of carbonyl (C=O) groups excluding carboxylic acids is 1. The Bertz CT molecular complexity index is 1130. The van der Waals surface area contributed by atoms with Gasteiger partial charge in [-0.3, -0.25) is 10.1 Å². The Balaban J connectivity index is 1.41. The van der Waals surface area contributed by atoms with Gasteiger partial charge in [0.2, 0.25) is 5.13 Å². The van der Waals surface area contributed by atoms with Crippen molar-refractivity contribution in [1.82, 2.24) is 10.2 Å². The van der Waals surface area contributed by atoms with E-state index in [4.69, 9.17) is 9.47 Å². The van der Waals surface area contributed by atoms with Gasteiger partial charge in [-0.05, 0) is 48.0 Å². The number of benzene rings is 3. The van der Waals surface area contributed by atoms with Gasteiger partial charge < -0.3 is 9.47 Å². The summed E-state index contributed by atoms with van der Waals surface area (Å²) < 4.78 is 11.0. The molecule has 150 valence electrons. The van der Waals surface area contributed by atoms with E-state index >= 15 is 0 Å². The summed E-state index contributed by atoms with van der Waals surface area (Å²) in [5, 5.41) is 12.2. The largest absolute Gasteiger partial charge is 0.497 e. The Kier molecular flexibility index (Phi) is 6.01. The van der Waals surface area contributed by atoms with Gasteiger partial charge in [-0.1, -0.05) is 47.7 Å². The second-order valence-electron chi connectivity index (χ2n) is 6.40. The number of nitrogens with zero attached hydrogens (tertiary/aromatic N) is 2. The summed E-state index contributed by atoms with van der Waals surface area (Å²) in [5.41, 5.74) is 2.46. The van der Waals surface area contributed by atoms with Crippen LogP contribution >= 0.6 is 11.3 Å². The number of aromatic nitrogens is 2. The maximum absolute atomic E-state index is 12.6. The first-order valence-electron chi connectivity index (χ1n) is 9.27. The van der Waals surface area contributed by atoms with Crippen molar-refractivity contribution in [1.29, 1.82) is 0 Å². The predicted molar refractivity (Wildman–Crippen MR) is 117 cm³/mol. The minimum Gasteiger partial charge on any atom is -0.497 e. The molecule has 30 heavy (non-hydrogen) atoms. The van der Waals surface area contributed by atoms with Crippen LogP contribution in [-0.4, -0.2) is 23.2 Å². The quantitative estimate of drug-likeness (QED) is 0.456. The minimum absolute atomic E-state index is 0.266. The van der Waals surface area contributed by atoms with Crippen LogP contribution in [-0.2, 0) is 6.61 Å². The molecule has 0 aliphatic rings. The van der Waals surface area contributed by atoms with Crippen LogP contribution in [0.3, 0.4) is 0 Å². The van der Waals surface area contributed by atoms with Crippen molar-refractivity contribution in [3.8, 4) is 22.1 Å². The summed E-state index contributed by atoms with van der Waals surface area (Å²) in [5.74, 6) is 1.13. The molecular formula is C23H19N3O3S. The zero-order chi connectivity index (χ0) is 20.8. The molecule has 1 heterocycles. The van der Waals surface area contributed by atoms with Crippen molar-refractivity contribution in [2.24, 2.45) is 0 Å². The molecule has 0 aliphatic heterocycles. The smallest absolute Gasteiger partial charge is 0.257 e. The molecule has 4 rings (SSSR count). The maximum atomic E-state index is 12.6. The van der Waals surface area contributed by atoms with Crippen LogP contribution in [0, 0.1) is 0 Å². The van der Waals surface area contributed by atoms with Gasteiger partial charge >= 0.3 is 0 Å². The summed E-state index contributed by atoms with van der Waals surface area (Å²) >= 11 is 1.31. The van der Waals surface area contributed by atoms with E-state index in [0.29, 0.717) is 28.1 Å². The first-order chi connectivity index (χ1) is 14.7. The molecule has 0 unspecified atom stereocenters. The summed E-state index contributed by atoms with van der Waals surface area (Å²) in [4.78, 5) is 12.6. The fourth-order valence-electron chi connectivity index (χ4n) is 2.76. The average molecular weight is 417 g/mol. The number of anilines is 1. The van der Waals surface area contributed by atoms with Crippen molar-refractivity contribution in [2.75, 3.05) is 12.4 Å². The lowest BCUT2D eigenvalue weighted by atomic mass is 10.2. The van der Waals surface area contributed by atoms with E-state index < -0.39 is 0 Å². The van der Waals surface area contributed by atoms with Gasteiger partial charge in [0, 0.05) is 11.1 Å². The molecule has 1 N–H and O–H groups in total. The molecule has 1 aromatic heterocycles. The zero-order valence-corrected chi connectivity index (χ0v) is 17.1. The highest BCUT2D eigenvalue weighted by atomic mass is 32.1. The highest BCUT2D eigenvalue weighted by Gasteiger charge is 2.12. The van der Waals surface area contributed by atoms with Crippen molar-refractivity contribution in [3.63, 3.8) is 0 Å². The van der Waals surface area contributed by atoms with Gasteiger partial charge in [-0.25, -0.2) is 0 Å². The zero-order valence-electron chi connectivity index (χ0n) is 16.2. The van der Waals surface area contributed by atoms with E-state index in [1.807, 2.05) is 60.7 Å². The molecule has 3 aromatic carbocycles. The number of hydrogen-bond donors (Lipinski definition) is 1. The molecule has 0 bridgehead atoms. The molecule has 0 atom stereocenters. The number of amides is 1. The first kappa shape index (κ1) is 19.6. The Hall–Kier alpha value is -3.71. The summed E-state index contributed by atoms with van der Waals surface area (Å²) in [6.07, 6.45) is 0. The van der Waals surface area contributed by atoms with Gasteiger partial charge in [0.05, 0.1) is 7.11 Å². The van der Waals surface area contributed by atoms with Crippen molar-refractivity contribution in [3.05, 3.63) is 90.0 Å². The highest BCUT2D eigenvalue weighted by Crippen LogP contribution is 2.28. The fourth-order valence-corrected chi connectivity index (χ4v) is 3.51. The third-order valence-corrected chi connectivity index (χ3v) is 5.21. The second-order valence-corrected chi connectivity index (χ2v) is 7.37. The summed E-state index contributed by atoms with van der Waals surface area (Å²) in [7, 11) is 1.62. The summed E-state index contributed by atoms with van der Waals surface area (Å²) in [6, 6.07) is 24.4. The van der Waals surface area contributed by atoms with E-state index in [2.05, 4.69) is 15.5 Å². The molecule has 0 radical (unpaired) electrons. The third-order valence-electron chi connectivity index (χ3n) is 4.33. The maximum Gasteiger partial charge on any atom is 0.257 e. The van der Waals surface area contributed by atoms with Crippen LogP contribution < -0.4 is 14.8 Å². The third kappa shape index (κ3) is 4.82. The van der Waals surface area contributed by atoms with Crippen molar-refractivity contribution in [2.45, 2.75) is 6.61 Å². The Morgan fingerprint density at radius 2 is 1.73 bits per heavy atom. The van der Waals surface area contributed by atoms with E-state index in [9.17, 15) is 4.79 Å². The molecular weight excluding hydrogens is 398 g/mol. The second kappa shape index (κ2) is 9.19. The number of carbonyl (C=O) groups is 1. The lowest BCUT2D eigenvalue weighted by Crippen LogP contribution is -2.11. The number of methoxy groups -OCH3 is 1. The molecule has 6 nitrogen and oxygen atoms in total. The molecule has 0 saturated carbocycles. The van der Waals surface area contributed by atoms with Crippen LogP contribution in [0.15, 0.2) is 78.9 Å². The first-order valence-corrected chi connectivity index (χ1v) is 10.1. The van der Waals surface area contributed by atoms with Gasteiger partial charge in [0.1, 0.15) is 23.1 Å². The highest BCUT2D eigenvalue weighted by molar-refractivity contribution is 7.18. The lowest BCUT2D eigenvalue weighted by Gasteiger charge is -2.08. The SMILES string of the molecule is COc1ccc(-c2nnc(NC(=O)c3cccc(OCc4ccccc4)c3)s2)cc1. The monoisotopic (exact) mass is 417 g/mol. The molecule has 7 heteroatoms. The van der Waals surface area contributed by atoms with E-state index in [1.165, 1.54) is 11.3 Å². The number of hydrogen-bond acceptors (Lipinski definition) is 6. The van der Waals surface area contributed by atoms with Crippen LogP contribution in [0.1, 0.15) is 15.9 Å². The molecule has 1 amide bonds. The van der Waals surface area contributed by atoms with Gasteiger partial charge in [-0.15, -0.1) is 10.2 Å². The Morgan fingerprint density at radius 1 is 0.933 bits per heavy atom. The van der Waals surface area contributed by atoms with E-state index in [1.54, 1.807) is 25.3 Å². The Morgan fingerprint density at radius 3 is 2.50 bits per heavy atom. The van der Waals surface area contributed by atoms with Crippen molar-refractivity contribution >= 4 is 22.4 Å². The topological polar surface area (TPSA) is 73.3 Å². The molecule has 0 saturated heterocycles. The average Bonchev–Trinajstić information content (AvgIpc) is 3.27.